The van der Waals surface area contributed by atoms with Crippen molar-refractivity contribution in [1.29, 1.82) is 5.26 Å². The second kappa shape index (κ2) is 5.09. The van der Waals surface area contributed by atoms with E-state index in [0.717, 1.165) is 0 Å². The average Bonchev–Trinajstić information content (AvgIpc) is 2.07. The first-order chi connectivity index (χ1) is 6.15. The SMILES string of the molecule is CC.Cc1nc(N)nc(C)c1C#N. The molecule has 0 amide bonds. The molecule has 13 heavy (non-hydrogen) atoms. The van der Waals surface area contributed by atoms with Crippen LogP contribution in [0.25, 0.3) is 0 Å². The van der Waals surface area contributed by atoms with Gasteiger partial charge in [-0.2, -0.15) is 5.26 Å². The fourth-order valence-electron chi connectivity index (χ4n) is 0.904. The van der Waals surface area contributed by atoms with E-state index in [-0.39, 0.29) is 5.95 Å². The number of hydrogen-bond donors (Lipinski definition) is 1. The third-order valence-corrected chi connectivity index (χ3v) is 1.40. The number of nitriles is 1. The average molecular weight is 178 g/mol. The van der Waals surface area contributed by atoms with Crippen LogP contribution in [0, 0.1) is 25.2 Å². The normalized spacial score (nSPS) is 8.23. The van der Waals surface area contributed by atoms with Crippen LogP contribution in [0.4, 0.5) is 5.95 Å². The van der Waals surface area contributed by atoms with Gasteiger partial charge < -0.3 is 5.73 Å². The molecule has 0 spiro atoms. The monoisotopic (exact) mass is 178 g/mol. The van der Waals surface area contributed by atoms with Gasteiger partial charge in [0.05, 0.1) is 17.0 Å². The van der Waals surface area contributed by atoms with Crippen molar-refractivity contribution in [3.8, 4) is 6.07 Å². The molecular formula is C9H14N4. The Bertz CT molecular complexity index is 302. The Hall–Kier alpha value is -1.63. The summed E-state index contributed by atoms with van der Waals surface area (Å²) in [7, 11) is 0. The summed E-state index contributed by atoms with van der Waals surface area (Å²) in [6, 6.07) is 2.01. The minimum Gasteiger partial charge on any atom is -0.368 e. The molecule has 1 heterocycles. The zero-order valence-corrected chi connectivity index (χ0v) is 8.42. The van der Waals surface area contributed by atoms with Crippen LogP contribution >= 0.6 is 0 Å². The van der Waals surface area contributed by atoms with E-state index >= 15 is 0 Å². The lowest BCUT2D eigenvalue weighted by Crippen LogP contribution is -2.02. The maximum atomic E-state index is 8.62. The zero-order valence-electron chi connectivity index (χ0n) is 8.42. The molecule has 0 fully saturated rings. The minimum absolute atomic E-state index is 0.221. The molecule has 70 valence electrons. The van der Waals surface area contributed by atoms with Gasteiger partial charge in [0, 0.05) is 0 Å². The molecule has 0 unspecified atom stereocenters. The van der Waals surface area contributed by atoms with E-state index in [9.17, 15) is 0 Å². The number of rotatable bonds is 0. The van der Waals surface area contributed by atoms with E-state index in [0.29, 0.717) is 17.0 Å². The van der Waals surface area contributed by atoms with Crippen molar-refractivity contribution in [2.24, 2.45) is 0 Å². The molecule has 4 nitrogen and oxygen atoms in total. The molecule has 0 saturated heterocycles. The van der Waals surface area contributed by atoms with Gasteiger partial charge in [0.25, 0.3) is 0 Å². The Labute approximate surface area is 78.4 Å². The molecular weight excluding hydrogens is 164 g/mol. The van der Waals surface area contributed by atoms with Gasteiger partial charge in [-0.1, -0.05) is 13.8 Å². The van der Waals surface area contributed by atoms with Crippen LogP contribution in [0.2, 0.25) is 0 Å². The largest absolute Gasteiger partial charge is 0.368 e. The fraction of sp³-hybridized carbons (Fsp3) is 0.444. The summed E-state index contributed by atoms with van der Waals surface area (Å²) in [4.78, 5) is 7.70. The first kappa shape index (κ1) is 11.4. The van der Waals surface area contributed by atoms with Crippen LogP contribution in [0.15, 0.2) is 0 Å². The van der Waals surface area contributed by atoms with Crippen LogP contribution in [0.1, 0.15) is 30.8 Å². The number of anilines is 1. The third-order valence-electron chi connectivity index (χ3n) is 1.40. The third kappa shape index (κ3) is 2.71. The highest BCUT2D eigenvalue weighted by atomic mass is 15.0. The molecule has 1 aromatic rings. The summed E-state index contributed by atoms with van der Waals surface area (Å²) in [5.41, 5.74) is 7.14. The second-order valence-electron chi connectivity index (χ2n) is 2.24. The molecule has 0 aliphatic rings. The van der Waals surface area contributed by atoms with Crippen molar-refractivity contribution in [2.75, 3.05) is 5.73 Å². The van der Waals surface area contributed by atoms with Crippen molar-refractivity contribution < 1.29 is 0 Å². The predicted octanol–water partition coefficient (Wildman–Crippen LogP) is 1.57. The number of nitrogens with zero attached hydrogens (tertiary/aromatic N) is 3. The van der Waals surface area contributed by atoms with Gasteiger partial charge in [-0.3, -0.25) is 0 Å². The van der Waals surface area contributed by atoms with Gasteiger partial charge in [0.1, 0.15) is 6.07 Å². The Morgan fingerprint density at radius 3 is 1.85 bits per heavy atom. The number of aryl methyl sites for hydroxylation is 2. The van der Waals surface area contributed by atoms with Crippen LogP contribution in [0.5, 0.6) is 0 Å². The highest BCUT2D eigenvalue weighted by Crippen LogP contribution is 2.08. The summed E-state index contributed by atoms with van der Waals surface area (Å²) in [5, 5.41) is 8.62. The van der Waals surface area contributed by atoms with Crippen LogP contribution < -0.4 is 5.73 Å². The highest BCUT2D eigenvalue weighted by Gasteiger charge is 2.04. The van der Waals surface area contributed by atoms with Gasteiger partial charge in [0.2, 0.25) is 5.95 Å². The standard InChI is InChI=1S/C7H8N4.C2H6/c1-4-6(3-8)5(2)11-7(9)10-4;1-2/h1-2H3,(H2,9,10,11);1-2H3. The molecule has 0 bridgehead atoms. The molecule has 4 heteroatoms. The van der Waals surface area contributed by atoms with E-state index in [1.807, 2.05) is 19.9 Å². The molecule has 1 rings (SSSR count). The van der Waals surface area contributed by atoms with Gasteiger partial charge >= 0.3 is 0 Å². The Balaban J connectivity index is 0.000000671. The van der Waals surface area contributed by atoms with Crippen molar-refractivity contribution in [3.63, 3.8) is 0 Å². The predicted molar refractivity (Wildman–Crippen MR) is 52.0 cm³/mol. The van der Waals surface area contributed by atoms with E-state index in [1.165, 1.54) is 0 Å². The summed E-state index contributed by atoms with van der Waals surface area (Å²) in [6.07, 6.45) is 0. The molecule has 0 aliphatic carbocycles. The van der Waals surface area contributed by atoms with Crippen LogP contribution in [-0.2, 0) is 0 Å². The smallest absolute Gasteiger partial charge is 0.220 e. The van der Waals surface area contributed by atoms with Crippen molar-refractivity contribution in [3.05, 3.63) is 17.0 Å². The first-order valence-corrected chi connectivity index (χ1v) is 4.16. The number of nitrogens with two attached hydrogens (primary N) is 1. The molecule has 0 aliphatic heterocycles. The first-order valence-electron chi connectivity index (χ1n) is 4.16. The van der Waals surface area contributed by atoms with E-state index < -0.39 is 0 Å². The van der Waals surface area contributed by atoms with E-state index in [1.54, 1.807) is 13.8 Å². The lowest BCUT2D eigenvalue weighted by atomic mass is 10.2. The van der Waals surface area contributed by atoms with E-state index in [2.05, 4.69) is 9.97 Å². The summed E-state index contributed by atoms with van der Waals surface area (Å²) in [6.45, 7) is 7.48. The minimum atomic E-state index is 0.221. The maximum absolute atomic E-state index is 8.62. The highest BCUT2D eigenvalue weighted by molar-refractivity contribution is 5.39. The molecule has 1 aromatic heterocycles. The van der Waals surface area contributed by atoms with Gasteiger partial charge in [-0.05, 0) is 13.8 Å². The summed E-state index contributed by atoms with van der Waals surface area (Å²) in [5.74, 6) is 0.221. The number of hydrogen-bond acceptors (Lipinski definition) is 4. The Morgan fingerprint density at radius 1 is 1.15 bits per heavy atom. The molecule has 0 radical (unpaired) electrons. The Morgan fingerprint density at radius 2 is 1.54 bits per heavy atom. The van der Waals surface area contributed by atoms with Crippen molar-refractivity contribution >= 4 is 5.95 Å². The number of nitrogen functional groups attached to an aromatic ring is 1. The number of aromatic nitrogens is 2. The van der Waals surface area contributed by atoms with Crippen LogP contribution in [0.3, 0.4) is 0 Å². The zero-order chi connectivity index (χ0) is 10.4. The lowest BCUT2D eigenvalue weighted by Gasteiger charge is -2.00. The second-order valence-corrected chi connectivity index (χ2v) is 2.24. The van der Waals surface area contributed by atoms with Crippen molar-refractivity contribution in [1.82, 2.24) is 9.97 Å². The van der Waals surface area contributed by atoms with Gasteiger partial charge in [0.15, 0.2) is 0 Å². The summed E-state index contributed by atoms with van der Waals surface area (Å²) >= 11 is 0. The summed E-state index contributed by atoms with van der Waals surface area (Å²) < 4.78 is 0. The topological polar surface area (TPSA) is 75.6 Å². The molecule has 2 N–H and O–H groups in total. The fourth-order valence-corrected chi connectivity index (χ4v) is 0.904. The molecule has 0 saturated carbocycles. The van der Waals surface area contributed by atoms with Gasteiger partial charge in [-0.15, -0.1) is 0 Å². The van der Waals surface area contributed by atoms with Crippen molar-refractivity contribution in [2.45, 2.75) is 27.7 Å². The maximum Gasteiger partial charge on any atom is 0.220 e. The van der Waals surface area contributed by atoms with Crippen LogP contribution in [-0.4, -0.2) is 9.97 Å². The molecule has 0 aromatic carbocycles. The van der Waals surface area contributed by atoms with E-state index in [4.69, 9.17) is 11.0 Å². The van der Waals surface area contributed by atoms with Gasteiger partial charge in [-0.25, -0.2) is 9.97 Å². The quantitative estimate of drug-likeness (QED) is 0.654. The lowest BCUT2D eigenvalue weighted by molar-refractivity contribution is 1.05. The Kier molecular flexibility index (Phi) is 4.45. The molecule has 0 atom stereocenters.